The van der Waals surface area contributed by atoms with Crippen LogP contribution in [0.3, 0.4) is 0 Å². The Hall–Kier alpha value is -2.18. The van der Waals surface area contributed by atoms with Crippen molar-refractivity contribution < 1.29 is 0 Å². The van der Waals surface area contributed by atoms with Crippen LogP contribution in [0.2, 0.25) is 0 Å². The lowest BCUT2D eigenvalue weighted by Gasteiger charge is -2.12. The molecule has 2 heterocycles. The minimum atomic E-state index is 0. The first-order valence-electron chi connectivity index (χ1n) is 7.99. The minimum absolute atomic E-state index is 0. The van der Waals surface area contributed by atoms with Gasteiger partial charge in [0.25, 0.3) is 0 Å². The molecule has 6 nitrogen and oxygen atoms in total. The number of halogens is 1. The van der Waals surface area contributed by atoms with Crippen molar-refractivity contribution in [3.63, 3.8) is 0 Å². The number of hydrogen-bond acceptors (Lipinski definition) is 5. The van der Waals surface area contributed by atoms with Crippen LogP contribution in [0.5, 0.6) is 0 Å². The van der Waals surface area contributed by atoms with Crippen LogP contribution in [0.4, 0.5) is 5.95 Å². The van der Waals surface area contributed by atoms with E-state index in [9.17, 15) is 0 Å². The molecule has 2 aromatic heterocycles. The average Bonchev–Trinajstić information content (AvgIpc) is 3.14. The number of aromatic nitrogens is 4. The molecule has 0 radical (unpaired) electrons. The SMILES string of the molecule is Cc1[nH]nc2ccc(-c3ccnc(N[C@H]4CC[C@H](N)C4)n3)cc12.Cl. The summed E-state index contributed by atoms with van der Waals surface area (Å²) in [5.41, 5.74) is 9.98. The van der Waals surface area contributed by atoms with Crippen molar-refractivity contribution in [1.29, 1.82) is 0 Å². The highest BCUT2D eigenvalue weighted by atomic mass is 35.5. The molecule has 2 atom stereocenters. The number of nitrogens with two attached hydrogens (primary N) is 1. The van der Waals surface area contributed by atoms with E-state index in [2.05, 4.69) is 31.5 Å². The first kappa shape index (κ1) is 16.7. The topological polar surface area (TPSA) is 92.5 Å². The van der Waals surface area contributed by atoms with Crippen molar-refractivity contribution in [2.45, 2.75) is 38.3 Å². The molecule has 0 aliphatic heterocycles. The maximum absolute atomic E-state index is 5.97. The van der Waals surface area contributed by atoms with E-state index in [1.165, 1.54) is 0 Å². The van der Waals surface area contributed by atoms with Crippen molar-refractivity contribution in [3.8, 4) is 11.3 Å². The third-order valence-electron chi connectivity index (χ3n) is 4.50. The summed E-state index contributed by atoms with van der Waals surface area (Å²) in [7, 11) is 0. The largest absolute Gasteiger partial charge is 0.351 e. The summed E-state index contributed by atoms with van der Waals surface area (Å²) >= 11 is 0. The van der Waals surface area contributed by atoms with Gasteiger partial charge in [0.2, 0.25) is 5.95 Å². The normalized spacial score (nSPS) is 20.1. The molecule has 1 aromatic carbocycles. The lowest BCUT2D eigenvalue weighted by atomic mass is 10.1. The molecule has 1 aliphatic rings. The third-order valence-corrected chi connectivity index (χ3v) is 4.50. The standard InChI is InChI=1S/C17H20N6.ClH/c1-10-14-8-11(2-5-16(14)23-22-10)15-6-7-19-17(21-15)20-13-4-3-12(18)9-13;/h2,5-8,12-13H,3-4,9,18H2,1H3,(H,22,23)(H,19,20,21);1H/t12-,13-;/m0./s1. The van der Waals surface area contributed by atoms with Gasteiger partial charge < -0.3 is 11.1 Å². The van der Waals surface area contributed by atoms with Crippen molar-refractivity contribution >= 4 is 29.3 Å². The van der Waals surface area contributed by atoms with E-state index in [1.807, 2.05) is 25.1 Å². The zero-order chi connectivity index (χ0) is 15.8. The van der Waals surface area contributed by atoms with E-state index < -0.39 is 0 Å². The third kappa shape index (κ3) is 3.20. The summed E-state index contributed by atoms with van der Waals surface area (Å²) in [4.78, 5) is 9.00. The Morgan fingerprint density at radius 1 is 1.25 bits per heavy atom. The summed E-state index contributed by atoms with van der Waals surface area (Å²) in [6.45, 7) is 2.02. The first-order chi connectivity index (χ1) is 11.2. The second-order valence-corrected chi connectivity index (χ2v) is 6.26. The Bertz CT molecular complexity index is 846. The van der Waals surface area contributed by atoms with Crippen LogP contribution >= 0.6 is 12.4 Å². The van der Waals surface area contributed by atoms with Crippen molar-refractivity contribution in [3.05, 3.63) is 36.2 Å². The van der Waals surface area contributed by atoms with Gasteiger partial charge in [-0.15, -0.1) is 12.4 Å². The minimum Gasteiger partial charge on any atom is -0.351 e. The van der Waals surface area contributed by atoms with E-state index in [-0.39, 0.29) is 12.4 Å². The van der Waals surface area contributed by atoms with Gasteiger partial charge in [0, 0.05) is 34.9 Å². The number of aryl methyl sites for hydroxylation is 1. The first-order valence-corrected chi connectivity index (χ1v) is 7.99. The monoisotopic (exact) mass is 344 g/mol. The van der Waals surface area contributed by atoms with Gasteiger partial charge in [-0.25, -0.2) is 9.97 Å². The number of nitrogens with zero attached hydrogens (tertiary/aromatic N) is 3. The van der Waals surface area contributed by atoms with E-state index in [0.29, 0.717) is 18.0 Å². The van der Waals surface area contributed by atoms with Crippen LogP contribution in [-0.4, -0.2) is 32.2 Å². The molecule has 0 saturated heterocycles. The molecular weight excluding hydrogens is 324 g/mol. The van der Waals surface area contributed by atoms with Gasteiger partial charge in [-0.05, 0) is 44.4 Å². The van der Waals surface area contributed by atoms with Gasteiger partial charge >= 0.3 is 0 Å². The average molecular weight is 345 g/mol. The molecule has 0 bridgehead atoms. The highest BCUT2D eigenvalue weighted by Gasteiger charge is 2.22. The Balaban J connectivity index is 0.00000169. The highest BCUT2D eigenvalue weighted by molar-refractivity contribution is 5.86. The molecule has 3 aromatic rings. The quantitative estimate of drug-likeness (QED) is 0.679. The van der Waals surface area contributed by atoms with Crippen LogP contribution < -0.4 is 11.1 Å². The molecule has 4 rings (SSSR count). The van der Waals surface area contributed by atoms with Gasteiger partial charge in [0.05, 0.1) is 11.2 Å². The number of rotatable bonds is 3. The van der Waals surface area contributed by atoms with Gasteiger partial charge in [-0.1, -0.05) is 6.07 Å². The zero-order valence-corrected chi connectivity index (χ0v) is 14.3. The number of H-pyrrole nitrogens is 1. The fraction of sp³-hybridized carbons (Fsp3) is 0.353. The molecule has 1 fully saturated rings. The number of benzene rings is 1. The van der Waals surface area contributed by atoms with E-state index in [1.54, 1.807) is 6.20 Å². The van der Waals surface area contributed by atoms with Crippen molar-refractivity contribution in [2.24, 2.45) is 5.73 Å². The van der Waals surface area contributed by atoms with Crippen molar-refractivity contribution in [1.82, 2.24) is 20.2 Å². The molecular formula is C17H21ClN6. The van der Waals surface area contributed by atoms with E-state index >= 15 is 0 Å². The maximum Gasteiger partial charge on any atom is 0.223 e. The molecule has 126 valence electrons. The van der Waals surface area contributed by atoms with Gasteiger partial charge in [-0.3, -0.25) is 5.10 Å². The predicted molar refractivity (Wildman–Crippen MR) is 98.3 cm³/mol. The van der Waals surface area contributed by atoms with Crippen LogP contribution in [0.25, 0.3) is 22.2 Å². The van der Waals surface area contributed by atoms with Crippen LogP contribution in [0.1, 0.15) is 25.0 Å². The molecule has 4 N–H and O–H groups in total. The summed E-state index contributed by atoms with van der Waals surface area (Å²) in [6, 6.07) is 8.77. The lowest BCUT2D eigenvalue weighted by Crippen LogP contribution is -2.21. The van der Waals surface area contributed by atoms with Crippen molar-refractivity contribution in [2.75, 3.05) is 5.32 Å². The van der Waals surface area contributed by atoms with Gasteiger partial charge in [0.1, 0.15) is 0 Å². The molecule has 1 saturated carbocycles. The number of hydrogen-bond donors (Lipinski definition) is 3. The molecule has 0 spiro atoms. The Morgan fingerprint density at radius 2 is 2.12 bits per heavy atom. The Morgan fingerprint density at radius 3 is 2.92 bits per heavy atom. The zero-order valence-electron chi connectivity index (χ0n) is 13.5. The number of anilines is 1. The summed E-state index contributed by atoms with van der Waals surface area (Å²) in [5.74, 6) is 0.672. The summed E-state index contributed by atoms with van der Waals surface area (Å²) < 4.78 is 0. The molecule has 24 heavy (non-hydrogen) atoms. The van der Waals surface area contributed by atoms with E-state index in [4.69, 9.17) is 5.73 Å². The number of fused-ring (bicyclic) bond motifs is 1. The summed E-state index contributed by atoms with van der Waals surface area (Å²) in [5, 5.41) is 11.8. The second-order valence-electron chi connectivity index (χ2n) is 6.26. The Kier molecular flexibility index (Phi) is 4.69. The molecule has 1 aliphatic carbocycles. The lowest BCUT2D eigenvalue weighted by molar-refractivity contribution is 0.685. The maximum atomic E-state index is 5.97. The van der Waals surface area contributed by atoms with Gasteiger partial charge in [-0.2, -0.15) is 5.10 Å². The Labute approximate surface area is 146 Å². The van der Waals surface area contributed by atoms with E-state index in [0.717, 1.165) is 47.1 Å². The molecule has 0 unspecified atom stereocenters. The smallest absolute Gasteiger partial charge is 0.223 e. The number of nitrogens with one attached hydrogen (secondary N) is 2. The predicted octanol–water partition coefficient (Wildman–Crippen LogP) is 3.04. The fourth-order valence-corrected chi connectivity index (χ4v) is 3.22. The van der Waals surface area contributed by atoms with Gasteiger partial charge in [0.15, 0.2) is 0 Å². The number of aromatic amines is 1. The molecule has 7 heteroatoms. The summed E-state index contributed by atoms with van der Waals surface area (Å²) in [6.07, 6.45) is 4.92. The van der Waals surface area contributed by atoms with Crippen LogP contribution in [0.15, 0.2) is 30.5 Å². The highest BCUT2D eigenvalue weighted by Crippen LogP contribution is 2.25. The second kappa shape index (κ2) is 6.75. The molecule has 0 amide bonds. The van der Waals surface area contributed by atoms with Crippen LogP contribution in [0, 0.1) is 6.92 Å². The fourth-order valence-electron chi connectivity index (χ4n) is 3.22. The van der Waals surface area contributed by atoms with Crippen LogP contribution in [-0.2, 0) is 0 Å².